The molecular weight excluding hydrogens is 348 g/mol. The predicted octanol–water partition coefficient (Wildman–Crippen LogP) is 4.77. The molecule has 0 unspecified atom stereocenters. The summed E-state index contributed by atoms with van der Waals surface area (Å²) in [5.74, 6) is 0.805. The summed E-state index contributed by atoms with van der Waals surface area (Å²) in [4.78, 5) is 4.28. The molecule has 5 heteroatoms. The Bertz CT molecular complexity index is 1230. The molecule has 2 aromatic heterocycles. The molecule has 28 heavy (non-hydrogen) atoms. The third-order valence-corrected chi connectivity index (χ3v) is 5.17. The predicted molar refractivity (Wildman–Crippen MR) is 112 cm³/mol. The summed E-state index contributed by atoms with van der Waals surface area (Å²) in [7, 11) is 1.65. The number of ether oxygens (including phenoxy) is 1. The van der Waals surface area contributed by atoms with Gasteiger partial charge in [0.25, 0.3) is 0 Å². The number of rotatable bonds is 3. The standard InChI is InChI=1S/C23H20N4O/c1-14-8-23-19(9-16(14)10-24)21(20-11-26-12-22(25)15(20)2)13-27(23)17-4-6-18(28-3)7-5-17/h4-9,11-13H,25H2,1-3H3. The van der Waals surface area contributed by atoms with Crippen LogP contribution < -0.4 is 10.5 Å². The molecule has 0 aliphatic rings. The fraction of sp³-hybridized carbons (Fsp3) is 0.130. The van der Waals surface area contributed by atoms with E-state index in [1.807, 2.05) is 50.4 Å². The van der Waals surface area contributed by atoms with Crippen molar-refractivity contribution in [3.05, 3.63) is 71.7 Å². The van der Waals surface area contributed by atoms with E-state index in [1.54, 1.807) is 13.3 Å². The van der Waals surface area contributed by atoms with Crippen molar-refractivity contribution in [1.29, 1.82) is 5.26 Å². The molecular formula is C23H20N4O. The van der Waals surface area contributed by atoms with Crippen LogP contribution in [0.5, 0.6) is 5.75 Å². The molecule has 4 aromatic rings. The second-order valence-electron chi connectivity index (χ2n) is 6.81. The first-order valence-corrected chi connectivity index (χ1v) is 8.94. The molecule has 0 saturated carbocycles. The minimum absolute atomic E-state index is 0.649. The monoisotopic (exact) mass is 368 g/mol. The summed E-state index contributed by atoms with van der Waals surface area (Å²) in [5.41, 5.74) is 13.3. The zero-order valence-electron chi connectivity index (χ0n) is 16.0. The van der Waals surface area contributed by atoms with Crippen LogP contribution in [0, 0.1) is 25.2 Å². The smallest absolute Gasteiger partial charge is 0.119 e. The Morgan fingerprint density at radius 3 is 2.50 bits per heavy atom. The van der Waals surface area contributed by atoms with Gasteiger partial charge in [-0.1, -0.05) is 0 Å². The van der Waals surface area contributed by atoms with Crippen LogP contribution in [0.4, 0.5) is 5.69 Å². The van der Waals surface area contributed by atoms with E-state index in [2.05, 4.69) is 27.9 Å². The summed E-state index contributed by atoms with van der Waals surface area (Å²) >= 11 is 0. The van der Waals surface area contributed by atoms with Gasteiger partial charge >= 0.3 is 0 Å². The third-order valence-electron chi connectivity index (χ3n) is 5.17. The number of nitrogen functional groups attached to an aromatic ring is 1. The van der Waals surface area contributed by atoms with Crippen LogP contribution in [-0.4, -0.2) is 16.7 Å². The van der Waals surface area contributed by atoms with Crippen LogP contribution in [-0.2, 0) is 0 Å². The van der Waals surface area contributed by atoms with Gasteiger partial charge in [-0.3, -0.25) is 4.98 Å². The van der Waals surface area contributed by atoms with E-state index in [4.69, 9.17) is 10.5 Å². The summed E-state index contributed by atoms with van der Waals surface area (Å²) in [5, 5.41) is 10.5. The number of benzene rings is 2. The van der Waals surface area contributed by atoms with Crippen LogP contribution in [0.1, 0.15) is 16.7 Å². The van der Waals surface area contributed by atoms with Crippen molar-refractivity contribution < 1.29 is 4.74 Å². The maximum atomic E-state index is 9.52. The van der Waals surface area contributed by atoms with E-state index in [0.717, 1.165) is 44.6 Å². The molecule has 0 spiro atoms. The van der Waals surface area contributed by atoms with Crippen LogP contribution in [0.3, 0.4) is 0 Å². The first kappa shape index (κ1) is 17.6. The first-order chi connectivity index (χ1) is 13.5. The highest BCUT2D eigenvalue weighted by molar-refractivity contribution is 5.99. The van der Waals surface area contributed by atoms with Crippen molar-refractivity contribution in [1.82, 2.24) is 9.55 Å². The minimum Gasteiger partial charge on any atom is -0.497 e. The SMILES string of the molecule is COc1ccc(-n2cc(-c3cncc(N)c3C)c3cc(C#N)c(C)cc32)cc1. The van der Waals surface area contributed by atoms with E-state index in [-0.39, 0.29) is 0 Å². The Hall–Kier alpha value is -3.78. The number of hydrogen-bond donors (Lipinski definition) is 1. The van der Waals surface area contributed by atoms with E-state index < -0.39 is 0 Å². The zero-order valence-corrected chi connectivity index (χ0v) is 16.0. The van der Waals surface area contributed by atoms with Gasteiger partial charge in [-0.2, -0.15) is 5.26 Å². The second-order valence-corrected chi connectivity index (χ2v) is 6.81. The average Bonchev–Trinajstić information content (AvgIpc) is 3.07. The van der Waals surface area contributed by atoms with Gasteiger partial charge in [-0.15, -0.1) is 0 Å². The number of nitrogens with two attached hydrogens (primary N) is 1. The van der Waals surface area contributed by atoms with Crippen LogP contribution >= 0.6 is 0 Å². The molecule has 2 N–H and O–H groups in total. The lowest BCUT2D eigenvalue weighted by Gasteiger charge is -2.07. The average molecular weight is 368 g/mol. The van der Waals surface area contributed by atoms with Crippen molar-refractivity contribution >= 4 is 16.6 Å². The highest BCUT2D eigenvalue weighted by atomic mass is 16.5. The van der Waals surface area contributed by atoms with E-state index in [0.29, 0.717) is 11.3 Å². The molecule has 2 aromatic carbocycles. The first-order valence-electron chi connectivity index (χ1n) is 8.94. The van der Waals surface area contributed by atoms with Crippen molar-refractivity contribution in [2.24, 2.45) is 0 Å². The number of hydrogen-bond acceptors (Lipinski definition) is 4. The number of methoxy groups -OCH3 is 1. The fourth-order valence-corrected chi connectivity index (χ4v) is 3.48. The van der Waals surface area contributed by atoms with Gasteiger partial charge in [0.1, 0.15) is 5.75 Å². The van der Waals surface area contributed by atoms with E-state index in [9.17, 15) is 5.26 Å². The van der Waals surface area contributed by atoms with Gasteiger partial charge < -0.3 is 15.0 Å². The Balaban J connectivity index is 2.05. The second kappa shape index (κ2) is 6.75. The van der Waals surface area contributed by atoms with Crippen LogP contribution in [0.2, 0.25) is 0 Å². The lowest BCUT2D eigenvalue weighted by Crippen LogP contribution is -1.94. The lowest BCUT2D eigenvalue weighted by atomic mass is 9.99. The molecule has 2 heterocycles. The molecule has 0 aliphatic carbocycles. The molecule has 0 fully saturated rings. The van der Waals surface area contributed by atoms with Crippen molar-refractivity contribution in [3.8, 4) is 28.6 Å². The summed E-state index contributed by atoms with van der Waals surface area (Å²) in [6, 6.07) is 14.2. The molecule has 0 bridgehead atoms. The maximum Gasteiger partial charge on any atom is 0.119 e. The van der Waals surface area contributed by atoms with Gasteiger partial charge in [-0.05, 0) is 61.4 Å². The maximum absolute atomic E-state index is 9.52. The molecule has 4 rings (SSSR count). The van der Waals surface area contributed by atoms with Gasteiger partial charge in [0, 0.05) is 34.6 Å². The minimum atomic E-state index is 0.649. The van der Waals surface area contributed by atoms with Crippen molar-refractivity contribution in [2.45, 2.75) is 13.8 Å². The number of fused-ring (bicyclic) bond motifs is 1. The number of anilines is 1. The summed E-state index contributed by atoms with van der Waals surface area (Å²) < 4.78 is 7.40. The van der Waals surface area contributed by atoms with Gasteiger partial charge in [0.15, 0.2) is 0 Å². The Labute approximate surface area is 163 Å². The molecule has 5 nitrogen and oxygen atoms in total. The largest absolute Gasteiger partial charge is 0.497 e. The summed E-state index contributed by atoms with van der Waals surface area (Å²) in [6.45, 7) is 3.94. The van der Waals surface area contributed by atoms with E-state index in [1.165, 1.54) is 0 Å². The van der Waals surface area contributed by atoms with E-state index >= 15 is 0 Å². The molecule has 0 radical (unpaired) electrons. The molecule has 138 valence electrons. The third kappa shape index (κ3) is 2.76. The normalized spacial score (nSPS) is 10.8. The molecule has 0 amide bonds. The van der Waals surface area contributed by atoms with Crippen LogP contribution in [0.25, 0.3) is 27.7 Å². The Morgan fingerprint density at radius 2 is 1.82 bits per heavy atom. The Morgan fingerprint density at radius 1 is 1.07 bits per heavy atom. The topological polar surface area (TPSA) is 76.9 Å². The van der Waals surface area contributed by atoms with Gasteiger partial charge in [0.05, 0.1) is 36.1 Å². The number of aromatic nitrogens is 2. The molecule has 0 saturated heterocycles. The van der Waals surface area contributed by atoms with Crippen molar-refractivity contribution in [3.63, 3.8) is 0 Å². The van der Waals surface area contributed by atoms with Gasteiger partial charge in [-0.25, -0.2) is 0 Å². The van der Waals surface area contributed by atoms with Crippen molar-refractivity contribution in [2.75, 3.05) is 12.8 Å². The van der Waals surface area contributed by atoms with Crippen LogP contribution in [0.15, 0.2) is 55.0 Å². The van der Waals surface area contributed by atoms with Gasteiger partial charge in [0.2, 0.25) is 0 Å². The summed E-state index contributed by atoms with van der Waals surface area (Å²) in [6.07, 6.45) is 5.56. The molecule has 0 aliphatic heterocycles. The fourth-order valence-electron chi connectivity index (χ4n) is 3.48. The quantitative estimate of drug-likeness (QED) is 0.565. The lowest BCUT2D eigenvalue weighted by molar-refractivity contribution is 0.415. The number of pyridine rings is 1. The zero-order chi connectivity index (χ0) is 19.8. The molecule has 0 atom stereocenters. The Kier molecular flexibility index (Phi) is 4.25. The number of nitriles is 1. The number of nitrogens with zero attached hydrogens (tertiary/aromatic N) is 3. The highest BCUT2D eigenvalue weighted by Gasteiger charge is 2.16. The number of aryl methyl sites for hydroxylation is 1. The highest BCUT2D eigenvalue weighted by Crippen LogP contribution is 2.36.